The quantitative estimate of drug-likeness (QED) is 0.569. The summed E-state index contributed by atoms with van der Waals surface area (Å²) in [4.78, 5) is 37.5. The lowest BCUT2D eigenvalue weighted by Crippen LogP contribution is -2.46. The van der Waals surface area contributed by atoms with Crippen molar-refractivity contribution in [3.8, 4) is 5.75 Å². The van der Waals surface area contributed by atoms with Gasteiger partial charge in [0, 0.05) is 0 Å². The molecule has 0 aromatic heterocycles. The first-order valence-corrected chi connectivity index (χ1v) is 10.4. The fraction of sp³-hybridized carbons (Fsp3) is 0.375. The van der Waals surface area contributed by atoms with Gasteiger partial charge in [0.05, 0.1) is 18.2 Å². The SMILES string of the molecule is CCOc1ccccc1C(=O)N[C@H](C(=O)OCC(=O)N[C@H](C)c1ccccc1)C(C)C. The Morgan fingerprint density at radius 1 is 0.903 bits per heavy atom. The smallest absolute Gasteiger partial charge is 0.329 e. The monoisotopic (exact) mass is 426 g/mol. The zero-order chi connectivity index (χ0) is 22.8. The largest absolute Gasteiger partial charge is 0.493 e. The summed E-state index contributed by atoms with van der Waals surface area (Å²) in [6.07, 6.45) is 0. The Bertz CT molecular complexity index is 883. The Morgan fingerprint density at radius 3 is 2.19 bits per heavy atom. The minimum Gasteiger partial charge on any atom is -0.493 e. The molecular weight excluding hydrogens is 396 g/mol. The predicted octanol–water partition coefficient (Wildman–Crippen LogP) is 3.26. The summed E-state index contributed by atoms with van der Waals surface area (Å²) in [6.45, 7) is 7.24. The highest BCUT2D eigenvalue weighted by atomic mass is 16.5. The lowest BCUT2D eigenvalue weighted by atomic mass is 10.0. The Kier molecular flexibility index (Phi) is 9.06. The van der Waals surface area contributed by atoms with Crippen LogP contribution in [0.2, 0.25) is 0 Å². The normalized spacial score (nSPS) is 12.5. The fourth-order valence-electron chi connectivity index (χ4n) is 2.99. The van der Waals surface area contributed by atoms with Crippen molar-refractivity contribution in [2.75, 3.05) is 13.2 Å². The molecule has 0 saturated heterocycles. The average Bonchev–Trinajstić information content (AvgIpc) is 2.76. The van der Waals surface area contributed by atoms with Gasteiger partial charge in [0.1, 0.15) is 11.8 Å². The van der Waals surface area contributed by atoms with Crippen LogP contribution in [0.4, 0.5) is 0 Å². The third-order valence-corrected chi connectivity index (χ3v) is 4.66. The third-order valence-electron chi connectivity index (χ3n) is 4.66. The molecule has 0 unspecified atom stereocenters. The number of ether oxygens (including phenoxy) is 2. The van der Waals surface area contributed by atoms with E-state index in [4.69, 9.17) is 9.47 Å². The van der Waals surface area contributed by atoms with Crippen molar-refractivity contribution in [2.24, 2.45) is 5.92 Å². The van der Waals surface area contributed by atoms with E-state index in [1.807, 2.05) is 44.2 Å². The number of carbonyl (C=O) groups excluding carboxylic acids is 3. The minimum atomic E-state index is -0.901. The van der Waals surface area contributed by atoms with E-state index in [1.165, 1.54) is 0 Å². The summed E-state index contributed by atoms with van der Waals surface area (Å²) < 4.78 is 10.7. The number of hydrogen-bond donors (Lipinski definition) is 2. The van der Waals surface area contributed by atoms with Gasteiger partial charge in [0.2, 0.25) is 0 Å². The highest BCUT2D eigenvalue weighted by Gasteiger charge is 2.28. The van der Waals surface area contributed by atoms with Crippen molar-refractivity contribution in [1.82, 2.24) is 10.6 Å². The van der Waals surface area contributed by atoms with E-state index in [0.29, 0.717) is 17.9 Å². The summed E-state index contributed by atoms with van der Waals surface area (Å²) in [6, 6.07) is 15.2. The van der Waals surface area contributed by atoms with Crippen LogP contribution < -0.4 is 15.4 Å². The van der Waals surface area contributed by atoms with E-state index in [2.05, 4.69) is 10.6 Å². The Morgan fingerprint density at radius 2 is 1.55 bits per heavy atom. The molecule has 2 N–H and O–H groups in total. The van der Waals surface area contributed by atoms with Gasteiger partial charge in [-0.3, -0.25) is 9.59 Å². The number of para-hydroxylation sites is 1. The molecule has 0 fully saturated rings. The van der Waals surface area contributed by atoms with Gasteiger partial charge in [-0.1, -0.05) is 56.3 Å². The van der Waals surface area contributed by atoms with E-state index in [0.717, 1.165) is 5.56 Å². The number of amides is 2. The van der Waals surface area contributed by atoms with Crippen LogP contribution in [0.1, 0.15) is 49.7 Å². The Balaban J connectivity index is 1.95. The van der Waals surface area contributed by atoms with Crippen LogP contribution >= 0.6 is 0 Å². The second kappa shape index (κ2) is 11.7. The van der Waals surface area contributed by atoms with Crippen LogP contribution in [0.3, 0.4) is 0 Å². The molecule has 2 amide bonds. The zero-order valence-electron chi connectivity index (χ0n) is 18.4. The van der Waals surface area contributed by atoms with Crippen LogP contribution in [0, 0.1) is 5.92 Å². The minimum absolute atomic E-state index is 0.219. The van der Waals surface area contributed by atoms with Gasteiger partial charge in [-0.2, -0.15) is 0 Å². The first-order chi connectivity index (χ1) is 14.8. The number of rotatable bonds is 10. The van der Waals surface area contributed by atoms with E-state index in [1.54, 1.807) is 38.1 Å². The van der Waals surface area contributed by atoms with Crippen LogP contribution in [0.25, 0.3) is 0 Å². The van der Waals surface area contributed by atoms with E-state index in [9.17, 15) is 14.4 Å². The third kappa shape index (κ3) is 7.13. The highest BCUT2D eigenvalue weighted by molar-refractivity contribution is 5.99. The zero-order valence-corrected chi connectivity index (χ0v) is 18.4. The molecule has 166 valence electrons. The van der Waals surface area contributed by atoms with Crippen molar-refractivity contribution < 1.29 is 23.9 Å². The molecule has 2 aromatic carbocycles. The second-order valence-electron chi connectivity index (χ2n) is 7.43. The van der Waals surface area contributed by atoms with Crippen molar-refractivity contribution in [2.45, 2.75) is 39.8 Å². The number of nitrogens with one attached hydrogen (secondary N) is 2. The van der Waals surface area contributed by atoms with Crippen molar-refractivity contribution in [3.63, 3.8) is 0 Å². The maximum Gasteiger partial charge on any atom is 0.329 e. The number of benzene rings is 2. The lowest BCUT2D eigenvalue weighted by molar-refractivity contribution is -0.151. The Labute approximate surface area is 183 Å². The molecule has 0 aliphatic carbocycles. The topological polar surface area (TPSA) is 93.7 Å². The van der Waals surface area contributed by atoms with Gasteiger partial charge in [-0.25, -0.2) is 4.79 Å². The van der Waals surface area contributed by atoms with E-state index in [-0.39, 0.29) is 12.0 Å². The summed E-state index contributed by atoms with van der Waals surface area (Å²) >= 11 is 0. The van der Waals surface area contributed by atoms with Crippen LogP contribution in [-0.2, 0) is 14.3 Å². The van der Waals surface area contributed by atoms with Gasteiger partial charge >= 0.3 is 5.97 Å². The first-order valence-electron chi connectivity index (χ1n) is 10.4. The van der Waals surface area contributed by atoms with Gasteiger partial charge in [-0.15, -0.1) is 0 Å². The first kappa shape index (κ1) is 23.9. The maximum atomic E-state index is 12.7. The molecular formula is C24H30N2O5. The molecule has 31 heavy (non-hydrogen) atoms. The predicted molar refractivity (Wildman–Crippen MR) is 118 cm³/mol. The van der Waals surface area contributed by atoms with Crippen LogP contribution in [-0.4, -0.2) is 37.0 Å². The van der Waals surface area contributed by atoms with Gasteiger partial charge in [-0.05, 0) is 37.5 Å². The number of esters is 1. The van der Waals surface area contributed by atoms with Gasteiger partial charge < -0.3 is 20.1 Å². The number of hydrogen-bond acceptors (Lipinski definition) is 5. The standard InChI is InChI=1S/C24H30N2O5/c1-5-30-20-14-10-9-13-19(20)23(28)26-22(16(2)3)24(29)31-15-21(27)25-17(4)18-11-7-6-8-12-18/h6-14,16-17,22H,5,15H2,1-4H3,(H,25,27)(H,26,28)/t17-,22+/m1/s1. The fourth-order valence-corrected chi connectivity index (χ4v) is 2.99. The van der Waals surface area contributed by atoms with Crippen LogP contribution in [0.5, 0.6) is 5.75 Å². The highest BCUT2D eigenvalue weighted by Crippen LogP contribution is 2.18. The number of carbonyl (C=O) groups is 3. The molecule has 0 radical (unpaired) electrons. The molecule has 0 heterocycles. The molecule has 2 aromatic rings. The van der Waals surface area contributed by atoms with Gasteiger partial charge in [0.25, 0.3) is 11.8 Å². The summed E-state index contributed by atoms with van der Waals surface area (Å²) in [5.41, 5.74) is 1.28. The van der Waals surface area contributed by atoms with E-state index >= 15 is 0 Å². The average molecular weight is 427 g/mol. The van der Waals surface area contributed by atoms with Crippen molar-refractivity contribution in [3.05, 3.63) is 65.7 Å². The molecule has 0 bridgehead atoms. The van der Waals surface area contributed by atoms with Crippen LogP contribution in [0.15, 0.2) is 54.6 Å². The lowest BCUT2D eigenvalue weighted by Gasteiger charge is -2.22. The molecule has 0 saturated carbocycles. The molecule has 2 atom stereocenters. The van der Waals surface area contributed by atoms with Gasteiger partial charge in [0.15, 0.2) is 6.61 Å². The summed E-state index contributed by atoms with van der Waals surface area (Å²) in [5, 5.41) is 5.48. The molecule has 0 aliphatic rings. The molecule has 7 heteroatoms. The van der Waals surface area contributed by atoms with E-state index < -0.39 is 30.4 Å². The maximum absolute atomic E-state index is 12.7. The summed E-state index contributed by atoms with van der Waals surface area (Å²) in [7, 11) is 0. The second-order valence-corrected chi connectivity index (χ2v) is 7.43. The molecule has 2 rings (SSSR count). The molecule has 0 spiro atoms. The van der Waals surface area contributed by atoms with Crippen molar-refractivity contribution in [1.29, 1.82) is 0 Å². The molecule has 0 aliphatic heterocycles. The summed E-state index contributed by atoms with van der Waals surface area (Å²) in [5.74, 6) is -1.32. The molecule has 7 nitrogen and oxygen atoms in total. The Hall–Kier alpha value is -3.35. The van der Waals surface area contributed by atoms with Crippen molar-refractivity contribution >= 4 is 17.8 Å².